The van der Waals surface area contributed by atoms with E-state index in [4.69, 9.17) is 5.73 Å². The molecule has 1 aromatic heterocycles. The van der Waals surface area contributed by atoms with Crippen LogP contribution in [0.25, 0.3) is 0 Å². The third-order valence-corrected chi connectivity index (χ3v) is 3.88. The minimum absolute atomic E-state index is 0.141. The number of carbonyl (C=O) groups excluding carboxylic acids is 1. The third kappa shape index (κ3) is 2.87. The van der Waals surface area contributed by atoms with E-state index in [1.807, 2.05) is 25.1 Å². The first kappa shape index (κ1) is 12.1. The number of carbonyl (C=O) groups is 1. The Morgan fingerprint density at radius 3 is 2.76 bits per heavy atom. The zero-order chi connectivity index (χ0) is 12.4. The second kappa shape index (κ2) is 4.89. The Hall–Kier alpha value is -1.33. The lowest BCUT2D eigenvalue weighted by Gasteiger charge is -2.07. The molecule has 0 bridgehead atoms. The summed E-state index contributed by atoms with van der Waals surface area (Å²) in [4.78, 5) is 12.6. The highest BCUT2D eigenvalue weighted by atomic mass is 79.9. The normalized spacial score (nSPS) is 10.2. The molecule has 88 valence electrons. The number of amides is 1. The molecule has 0 atom stereocenters. The number of aryl methyl sites for hydroxylation is 1. The molecule has 2 rings (SSSR count). The second-order valence-corrected chi connectivity index (χ2v) is 6.11. The van der Waals surface area contributed by atoms with Crippen LogP contribution in [0, 0.1) is 6.92 Å². The topological polar surface area (TPSA) is 55.1 Å². The van der Waals surface area contributed by atoms with Crippen molar-refractivity contribution in [2.75, 3.05) is 11.1 Å². The van der Waals surface area contributed by atoms with Gasteiger partial charge < -0.3 is 11.1 Å². The van der Waals surface area contributed by atoms with Gasteiger partial charge in [-0.2, -0.15) is 0 Å². The smallest absolute Gasteiger partial charge is 0.265 e. The van der Waals surface area contributed by atoms with Crippen LogP contribution in [0.5, 0.6) is 0 Å². The Balaban J connectivity index is 2.21. The van der Waals surface area contributed by atoms with Gasteiger partial charge in [-0.3, -0.25) is 4.79 Å². The van der Waals surface area contributed by atoms with E-state index in [1.54, 1.807) is 12.1 Å². The van der Waals surface area contributed by atoms with Crippen LogP contribution in [0.15, 0.2) is 34.1 Å². The summed E-state index contributed by atoms with van der Waals surface area (Å²) in [7, 11) is 0. The largest absolute Gasteiger partial charge is 0.397 e. The van der Waals surface area contributed by atoms with Crippen molar-refractivity contribution < 1.29 is 4.79 Å². The van der Waals surface area contributed by atoms with E-state index in [-0.39, 0.29) is 5.91 Å². The molecule has 0 fully saturated rings. The van der Waals surface area contributed by atoms with Gasteiger partial charge in [0.15, 0.2) is 0 Å². The fourth-order valence-electron chi connectivity index (χ4n) is 1.40. The minimum atomic E-state index is -0.141. The number of halogens is 1. The van der Waals surface area contributed by atoms with Crippen molar-refractivity contribution >= 4 is 44.5 Å². The number of benzene rings is 1. The highest BCUT2D eigenvalue weighted by Crippen LogP contribution is 2.25. The molecular weight excluding hydrogens is 300 g/mol. The van der Waals surface area contributed by atoms with Crippen molar-refractivity contribution in [3.8, 4) is 0 Å². The van der Waals surface area contributed by atoms with E-state index >= 15 is 0 Å². The van der Waals surface area contributed by atoms with Gasteiger partial charge in [0.25, 0.3) is 5.91 Å². The molecule has 0 radical (unpaired) electrons. The highest BCUT2D eigenvalue weighted by Gasteiger charge is 2.10. The molecule has 17 heavy (non-hydrogen) atoms. The molecular formula is C12H11BrN2OS. The lowest BCUT2D eigenvalue weighted by molar-refractivity contribution is 0.103. The van der Waals surface area contributed by atoms with Crippen LogP contribution < -0.4 is 11.1 Å². The quantitative estimate of drug-likeness (QED) is 0.832. The molecule has 0 aliphatic carbocycles. The van der Waals surface area contributed by atoms with Gasteiger partial charge in [-0.15, -0.1) is 11.3 Å². The first-order valence-electron chi connectivity index (χ1n) is 4.99. The summed E-state index contributed by atoms with van der Waals surface area (Å²) >= 11 is 4.71. The lowest BCUT2D eigenvalue weighted by atomic mass is 10.2. The molecule has 3 nitrogen and oxygen atoms in total. The summed E-state index contributed by atoms with van der Waals surface area (Å²) < 4.78 is 0.930. The SMILES string of the molecule is Cc1ccc(N)c(NC(=O)c2ccc(Br)s2)c1. The van der Waals surface area contributed by atoms with Crippen LogP contribution in [0.2, 0.25) is 0 Å². The van der Waals surface area contributed by atoms with Gasteiger partial charge in [-0.25, -0.2) is 0 Å². The maximum absolute atomic E-state index is 11.9. The van der Waals surface area contributed by atoms with Gasteiger partial charge in [0.1, 0.15) is 0 Å². The molecule has 0 saturated heterocycles. The fourth-order valence-corrected chi connectivity index (χ4v) is 2.68. The van der Waals surface area contributed by atoms with Gasteiger partial charge in [0.2, 0.25) is 0 Å². The molecule has 1 amide bonds. The molecule has 1 aromatic carbocycles. The molecule has 3 N–H and O–H groups in total. The van der Waals surface area contributed by atoms with E-state index in [0.717, 1.165) is 9.35 Å². The summed E-state index contributed by atoms with van der Waals surface area (Å²) in [6.45, 7) is 1.96. The van der Waals surface area contributed by atoms with E-state index in [0.29, 0.717) is 16.3 Å². The minimum Gasteiger partial charge on any atom is -0.397 e. The van der Waals surface area contributed by atoms with Crippen molar-refractivity contribution in [1.82, 2.24) is 0 Å². The fraction of sp³-hybridized carbons (Fsp3) is 0.0833. The number of nitrogens with two attached hydrogens (primary N) is 1. The Morgan fingerprint density at radius 1 is 1.35 bits per heavy atom. The summed E-state index contributed by atoms with van der Waals surface area (Å²) in [5, 5.41) is 2.81. The van der Waals surface area contributed by atoms with Crippen molar-refractivity contribution in [2.24, 2.45) is 0 Å². The molecule has 0 saturated carbocycles. The van der Waals surface area contributed by atoms with Crippen molar-refractivity contribution in [1.29, 1.82) is 0 Å². The molecule has 0 aliphatic heterocycles. The average Bonchev–Trinajstić information content (AvgIpc) is 2.70. The van der Waals surface area contributed by atoms with Crippen molar-refractivity contribution in [2.45, 2.75) is 6.92 Å². The number of thiophene rings is 1. The van der Waals surface area contributed by atoms with E-state index in [1.165, 1.54) is 11.3 Å². The van der Waals surface area contributed by atoms with Crippen LogP contribution >= 0.6 is 27.3 Å². The van der Waals surface area contributed by atoms with Crippen LogP contribution in [0.4, 0.5) is 11.4 Å². The molecule has 0 spiro atoms. The number of hydrogen-bond acceptors (Lipinski definition) is 3. The highest BCUT2D eigenvalue weighted by molar-refractivity contribution is 9.11. The van der Waals surface area contributed by atoms with Gasteiger partial charge >= 0.3 is 0 Å². The zero-order valence-electron chi connectivity index (χ0n) is 9.16. The predicted octanol–water partition coefficient (Wildman–Crippen LogP) is 3.65. The summed E-state index contributed by atoms with van der Waals surface area (Å²) in [5.74, 6) is -0.141. The summed E-state index contributed by atoms with van der Waals surface area (Å²) in [5.41, 5.74) is 8.08. The van der Waals surface area contributed by atoms with Gasteiger partial charge in [0, 0.05) is 0 Å². The van der Waals surface area contributed by atoms with Crippen LogP contribution in [0.3, 0.4) is 0 Å². The third-order valence-electron chi connectivity index (χ3n) is 2.25. The second-order valence-electron chi connectivity index (χ2n) is 3.65. The van der Waals surface area contributed by atoms with Crippen LogP contribution in [-0.2, 0) is 0 Å². The molecule has 0 unspecified atom stereocenters. The standard InChI is InChI=1S/C12H11BrN2OS/c1-7-2-3-8(14)9(6-7)15-12(16)10-4-5-11(13)17-10/h2-6H,14H2,1H3,(H,15,16). The van der Waals surface area contributed by atoms with Crippen LogP contribution in [0.1, 0.15) is 15.2 Å². The van der Waals surface area contributed by atoms with Gasteiger partial charge in [0.05, 0.1) is 20.0 Å². The summed E-state index contributed by atoms with van der Waals surface area (Å²) in [6, 6.07) is 9.17. The average molecular weight is 311 g/mol. The number of anilines is 2. The Bertz CT molecular complexity index is 565. The van der Waals surface area contributed by atoms with E-state index < -0.39 is 0 Å². The van der Waals surface area contributed by atoms with Crippen LogP contribution in [-0.4, -0.2) is 5.91 Å². The molecule has 0 aliphatic rings. The van der Waals surface area contributed by atoms with E-state index in [2.05, 4.69) is 21.2 Å². The first-order chi connectivity index (χ1) is 8.06. The monoisotopic (exact) mass is 310 g/mol. The number of hydrogen-bond donors (Lipinski definition) is 2. The predicted molar refractivity (Wildman–Crippen MR) is 75.6 cm³/mol. The van der Waals surface area contributed by atoms with E-state index in [9.17, 15) is 4.79 Å². The number of nitrogens with one attached hydrogen (secondary N) is 1. The maximum atomic E-state index is 11.9. The Morgan fingerprint density at radius 2 is 2.12 bits per heavy atom. The molecule has 1 heterocycles. The van der Waals surface area contributed by atoms with Gasteiger partial charge in [-0.05, 0) is 52.7 Å². The molecule has 5 heteroatoms. The Kier molecular flexibility index (Phi) is 3.49. The number of nitrogen functional groups attached to an aromatic ring is 1. The Labute approximate surface area is 112 Å². The van der Waals surface area contributed by atoms with Gasteiger partial charge in [-0.1, -0.05) is 6.07 Å². The maximum Gasteiger partial charge on any atom is 0.265 e. The van der Waals surface area contributed by atoms with Crippen molar-refractivity contribution in [3.05, 3.63) is 44.6 Å². The first-order valence-corrected chi connectivity index (χ1v) is 6.60. The zero-order valence-corrected chi connectivity index (χ0v) is 11.6. The van der Waals surface area contributed by atoms with Crippen molar-refractivity contribution in [3.63, 3.8) is 0 Å². The molecule has 2 aromatic rings. The summed E-state index contributed by atoms with van der Waals surface area (Å²) in [6.07, 6.45) is 0. The number of rotatable bonds is 2. The lowest BCUT2D eigenvalue weighted by Crippen LogP contribution is -2.11.